The largest absolute Gasteiger partial charge is 0.744 e. The third-order valence-corrected chi connectivity index (χ3v) is 6.93. The Bertz CT molecular complexity index is 1290. The van der Waals surface area contributed by atoms with E-state index in [1.807, 2.05) is 31.4 Å². The summed E-state index contributed by atoms with van der Waals surface area (Å²) in [5.74, 6) is 8.53. The quantitative estimate of drug-likeness (QED) is 0.145. The molecule has 1 heterocycles. The van der Waals surface area contributed by atoms with E-state index < -0.39 is 10.1 Å². The van der Waals surface area contributed by atoms with E-state index in [0.29, 0.717) is 34.4 Å². The van der Waals surface area contributed by atoms with Gasteiger partial charge in [0, 0.05) is 18.2 Å². The third-order valence-electron chi connectivity index (χ3n) is 5.12. The van der Waals surface area contributed by atoms with E-state index >= 15 is 0 Å². The van der Waals surface area contributed by atoms with E-state index in [1.165, 1.54) is 16.4 Å². The first-order valence-corrected chi connectivity index (χ1v) is 13.4. The highest BCUT2D eigenvalue weighted by Crippen LogP contribution is 2.27. The average molecular weight is 537 g/mol. The maximum Gasteiger partial charge on any atom is 0.384 e. The number of hydrogen-bond acceptors (Lipinski definition) is 10. The molecule has 3 rings (SSSR count). The second-order valence-corrected chi connectivity index (χ2v) is 9.86. The molecule has 0 bridgehead atoms. The fraction of sp³-hybridized carbons (Fsp3) is 0.333. The third kappa shape index (κ3) is 7.39. The number of nitrogens with one attached hydrogen (secondary N) is 1. The first-order valence-electron chi connectivity index (χ1n) is 10.7. The zero-order valence-electron chi connectivity index (χ0n) is 21.4. The van der Waals surface area contributed by atoms with Gasteiger partial charge in [-0.05, 0) is 67.0 Å². The molecule has 0 saturated carbocycles. The lowest BCUT2D eigenvalue weighted by molar-refractivity contribution is -0.682. The van der Waals surface area contributed by atoms with Gasteiger partial charge in [-0.3, -0.25) is 5.84 Å². The number of benzene rings is 2. The van der Waals surface area contributed by atoms with Crippen molar-refractivity contribution in [2.75, 3.05) is 38.7 Å². The normalized spacial score (nSPS) is 10.8. The lowest BCUT2D eigenvalue weighted by atomic mass is 10.1. The zero-order valence-corrected chi connectivity index (χ0v) is 23.0. The summed E-state index contributed by atoms with van der Waals surface area (Å²) in [4.78, 5) is 4.38. The molecule has 0 aliphatic heterocycles. The number of thioether (sulfide) groups is 1. The van der Waals surface area contributed by atoms with E-state index in [0.717, 1.165) is 22.6 Å². The Morgan fingerprint density at radius 3 is 2.14 bits per heavy atom. The summed E-state index contributed by atoms with van der Waals surface area (Å²) in [5, 5.41) is 3.93. The number of nitrogens with two attached hydrogens (primary N) is 1. The SMILES string of the molecule is COc1ccc(CNc2nc(SC)[n+](N)cc2OC)c(OC)c1.Cc1cc(C)c(S(=O)(=O)[O-])c(C)c1. The molecule has 0 fully saturated rings. The fourth-order valence-electron chi connectivity index (χ4n) is 3.62. The monoisotopic (exact) mass is 536 g/mol. The number of methoxy groups -OCH3 is 3. The molecule has 2 aromatic carbocycles. The van der Waals surface area contributed by atoms with Gasteiger partial charge in [-0.2, -0.15) is 0 Å². The Kier molecular flexibility index (Phi) is 10.2. The van der Waals surface area contributed by atoms with Crippen LogP contribution in [-0.2, 0) is 16.7 Å². The van der Waals surface area contributed by atoms with E-state index in [4.69, 9.17) is 20.1 Å². The molecule has 0 spiro atoms. The molecule has 12 heteroatoms. The fourth-order valence-corrected chi connectivity index (χ4v) is 4.97. The van der Waals surface area contributed by atoms with Gasteiger partial charge < -0.3 is 24.1 Å². The number of nitrogens with zero attached hydrogens (tertiary/aromatic N) is 2. The minimum Gasteiger partial charge on any atom is -0.744 e. The van der Waals surface area contributed by atoms with E-state index in [9.17, 15) is 13.0 Å². The van der Waals surface area contributed by atoms with Crippen molar-refractivity contribution >= 4 is 27.7 Å². The van der Waals surface area contributed by atoms with Crippen molar-refractivity contribution in [2.45, 2.75) is 37.4 Å². The number of hydrogen-bond donors (Lipinski definition) is 2. The first kappa shape index (κ1) is 29.0. The van der Waals surface area contributed by atoms with E-state index in [2.05, 4.69) is 10.3 Å². The second-order valence-electron chi connectivity index (χ2n) is 7.77. The number of anilines is 1. The molecule has 0 unspecified atom stereocenters. The van der Waals surface area contributed by atoms with E-state index in [-0.39, 0.29) is 4.90 Å². The summed E-state index contributed by atoms with van der Waals surface area (Å²) >= 11 is 1.45. The van der Waals surface area contributed by atoms with Crippen LogP contribution in [0.4, 0.5) is 5.82 Å². The molecule has 36 heavy (non-hydrogen) atoms. The predicted molar refractivity (Wildman–Crippen MR) is 138 cm³/mol. The number of rotatable bonds is 8. The molecule has 0 radical (unpaired) electrons. The molecule has 1 aromatic heterocycles. The summed E-state index contributed by atoms with van der Waals surface area (Å²) in [6.07, 6.45) is 3.60. The summed E-state index contributed by atoms with van der Waals surface area (Å²) in [5.41, 5.74) is 2.98. The van der Waals surface area contributed by atoms with Crippen molar-refractivity contribution in [3.63, 3.8) is 0 Å². The highest BCUT2D eigenvalue weighted by atomic mass is 32.2. The van der Waals surface area contributed by atoms with Crippen LogP contribution >= 0.6 is 11.8 Å². The average Bonchev–Trinajstić information content (AvgIpc) is 2.81. The van der Waals surface area contributed by atoms with Gasteiger partial charge in [-0.15, -0.1) is 4.68 Å². The summed E-state index contributed by atoms with van der Waals surface area (Å²) in [6, 6.07) is 9.05. The summed E-state index contributed by atoms with van der Waals surface area (Å²) in [7, 11) is 0.498. The number of nitrogen functional groups attached to an aromatic ring is 1. The maximum absolute atomic E-state index is 10.8. The van der Waals surface area contributed by atoms with Crippen molar-refractivity contribution in [1.29, 1.82) is 0 Å². The first-order chi connectivity index (χ1) is 16.9. The standard InChI is InChI=1S/C15H20N4O3S.C9H12O3S/c1-20-11-6-5-10(12(7-11)21-2)8-17-14-13(22-3)9-19(16)15(18-14)23-4;1-6-4-7(2)9(8(3)5-6)13(10,11)12/h5-7,9H,8,16H2,1-4H3;4-5H,1-3H3,(H,10,11,12). The molecule has 0 aliphatic rings. The van der Waals surface area contributed by atoms with Gasteiger partial charge in [-0.25, -0.2) is 8.42 Å². The lowest BCUT2D eigenvalue weighted by Gasteiger charge is -2.14. The van der Waals surface area contributed by atoms with Crippen LogP contribution in [0.5, 0.6) is 17.2 Å². The van der Waals surface area contributed by atoms with Gasteiger partial charge >= 0.3 is 5.16 Å². The van der Waals surface area contributed by atoms with Crippen LogP contribution in [0, 0.1) is 20.8 Å². The van der Waals surface area contributed by atoms with Crippen molar-refractivity contribution < 1.29 is 31.9 Å². The Labute approximate surface area is 216 Å². The van der Waals surface area contributed by atoms with E-state index in [1.54, 1.807) is 53.5 Å². The molecule has 196 valence electrons. The molecule has 0 saturated heterocycles. The highest BCUT2D eigenvalue weighted by molar-refractivity contribution is 7.98. The number of ether oxygens (including phenoxy) is 3. The Balaban J connectivity index is 0.000000297. The Hall–Kier alpha value is -3.22. The van der Waals surface area contributed by atoms with Crippen molar-refractivity contribution in [1.82, 2.24) is 4.98 Å². The number of aromatic nitrogens is 2. The van der Waals surface area contributed by atoms with Crippen LogP contribution in [0.25, 0.3) is 0 Å². The highest BCUT2D eigenvalue weighted by Gasteiger charge is 2.19. The molecule has 0 amide bonds. The van der Waals surface area contributed by atoms with Gasteiger partial charge in [0.25, 0.3) is 5.82 Å². The van der Waals surface area contributed by atoms with Crippen LogP contribution in [-0.4, -0.2) is 45.5 Å². The van der Waals surface area contributed by atoms with Gasteiger partial charge in [0.2, 0.25) is 5.75 Å². The van der Waals surface area contributed by atoms with Crippen molar-refractivity contribution in [3.05, 3.63) is 58.8 Å². The number of aryl methyl sites for hydroxylation is 3. The molecule has 3 N–H and O–H groups in total. The van der Waals surface area contributed by atoms with Crippen LogP contribution < -0.4 is 30.0 Å². The molecular formula is C24H32N4O6S2. The molecule has 3 aromatic rings. The Morgan fingerprint density at radius 2 is 1.64 bits per heavy atom. The molecular weight excluding hydrogens is 504 g/mol. The van der Waals surface area contributed by atoms with Crippen LogP contribution in [0.3, 0.4) is 0 Å². The maximum atomic E-state index is 10.8. The topological polar surface area (TPSA) is 140 Å². The summed E-state index contributed by atoms with van der Waals surface area (Å²) in [6.45, 7) is 5.65. The minimum atomic E-state index is -4.33. The van der Waals surface area contributed by atoms with Crippen LogP contribution in [0.2, 0.25) is 0 Å². The summed E-state index contributed by atoms with van der Waals surface area (Å²) < 4.78 is 49.8. The van der Waals surface area contributed by atoms with Crippen molar-refractivity contribution in [3.8, 4) is 17.2 Å². The van der Waals surface area contributed by atoms with Gasteiger partial charge in [-0.1, -0.05) is 17.7 Å². The van der Waals surface area contributed by atoms with Gasteiger partial charge in [0.1, 0.15) is 21.6 Å². The molecule has 0 aliphatic carbocycles. The smallest absolute Gasteiger partial charge is 0.384 e. The van der Waals surface area contributed by atoms with Gasteiger partial charge in [0.05, 0.1) is 26.2 Å². The van der Waals surface area contributed by atoms with Crippen LogP contribution in [0.15, 0.2) is 46.6 Å². The van der Waals surface area contributed by atoms with Crippen molar-refractivity contribution in [2.24, 2.45) is 0 Å². The molecule has 10 nitrogen and oxygen atoms in total. The zero-order chi connectivity index (χ0) is 27.0. The second kappa shape index (κ2) is 12.7. The van der Waals surface area contributed by atoms with Gasteiger partial charge in [0.15, 0.2) is 6.20 Å². The minimum absolute atomic E-state index is 0.0851. The molecule has 0 atom stereocenters. The van der Waals surface area contributed by atoms with Crippen LogP contribution in [0.1, 0.15) is 22.3 Å². The Morgan fingerprint density at radius 1 is 1.03 bits per heavy atom. The predicted octanol–water partition coefficient (Wildman–Crippen LogP) is 2.96. The lowest BCUT2D eigenvalue weighted by Crippen LogP contribution is -2.47.